The summed E-state index contributed by atoms with van der Waals surface area (Å²) in [5.41, 5.74) is 1.88. The Morgan fingerprint density at radius 1 is 0.821 bits per heavy atom. The number of halogens is 2. The molecule has 0 bridgehead atoms. The zero-order chi connectivity index (χ0) is 20.0. The summed E-state index contributed by atoms with van der Waals surface area (Å²) in [5, 5.41) is 5.22. The molecule has 0 spiro atoms. The van der Waals surface area contributed by atoms with Crippen molar-refractivity contribution in [3.63, 3.8) is 0 Å². The standard InChI is InChI=1S/C21H17Cl2NO3S/c22-18-8-6-16(7-9-18)14-27-24-21(17-4-2-1-3-5-17)15-28(25,26)20-12-10-19(23)11-13-20/h1-13H,14-15H2/b24-21+. The van der Waals surface area contributed by atoms with E-state index in [2.05, 4.69) is 5.16 Å². The van der Waals surface area contributed by atoms with Crippen LogP contribution in [0.1, 0.15) is 11.1 Å². The second-order valence-corrected chi connectivity index (χ2v) is 8.88. The summed E-state index contributed by atoms with van der Waals surface area (Å²) >= 11 is 11.7. The first kappa shape index (κ1) is 20.4. The Labute approximate surface area is 174 Å². The molecular formula is C21H17Cl2NO3S. The van der Waals surface area contributed by atoms with E-state index in [9.17, 15) is 8.42 Å². The Balaban J connectivity index is 1.82. The van der Waals surface area contributed by atoms with Crippen molar-refractivity contribution < 1.29 is 13.3 Å². The van der Waals surface area contributed by atoms with Crippen molar-refractivity contribution in [2.45, 2.75) is 11.5 Å². The Kier molecular flexibility index (Phi) is 6.73. The van der Waals surface area contributed by atoms with Gasteiger partial charge in [0.15, 0.2) is 9.84 Å². The van der Waals surface area contributed by atoms with Crippen LogP contribution in [0, 0.1) is 0 Å². The monoisotopic (exact) mass is 433 g/mol. The van der Waals surface area contributed by atoms with E-state index in [1.54, 1.807) is 36.4 Å². The highest BCUT2D eigenvalue weighted by molar-refractivity contribution is 7.92. The van der Waals surface area contributed by atoms with Crippen molar-refractivity contribution in [2.24, 2.45) is 5.16 Å². The highest BCUT2D eigenvalue weighted by Gasteiger charge is 2.19. The maximum absolute atomic E-state index is 12.8. The largest absolute Gasteiger partial charge is 0.391 e. The first-order valence-electron chi connectivity index (χ1n) is 8.41. The van der Waals surface area contributed by atoms with Crippen molar-refractivity contribution in [2.75, 3.05) is 5.75 Å². The smallest absolute Gasteiger partial charge is 0.184 e. The lowest BCUT2D eigenvalue weighted by molar-refractivity contribution is 0.130. The van der Waals surface area contributed by atoms with E-state index in [0.29, 0.717) is 21.3 Å². The SMILES string of the molecule is O=S(=O)(C/C(=N\OCc1ccc(Cl)cc1)c1ccccc1)c1ccc(Cl)cc1. The summed E-state index contributed by atoms with van der Waals surface area (Å²) in [4.78, 5) is 5.62. The number of nitrogens with zero attached hydrogens (tertiary/aromatic N) is 1. The minimum absolute atomic E-state index is 0.179. The first-order valence-corrected chi connectivity index (χ1v) is 10.8. The van der Waals surface area contributed by atoms with Crippen molar-refractivity contribution in [1.29, 1.82) is 0 Å². The predicted molar refractivity (Wildman–Crippen MR) is 113 cm³/mol. The molecule has 0 N–H and O–H groups in total. The van der Waals surface area contributed by atoms with Crippen LogP contribution in [-0.4, -0.2) is 19.9 Å². The highest BCUT2D eigenvalue weighted by atomic mass is 35.5. The fourth-order valence-corrected chi connectivity index (χ4v) is 4.01. The molecule has 0 radical (unpaired) electrons. The van der Waals surface area contributed by atoms with Crippen LogP contribution in [0.2, 0.25) is 10.0 Å². The molecule has 0 amide bonds. The molecule has 7 heteroatoms. The second kappa shape index (κ2) is 9.24. The molecule has 0 aromatic heterocycles. The number of hydrogen-bond acceptors (Lipinski definition) is 4. The van der Waals surface area contributed by atoms with Crippen LogP contribution in [0.3, 0.4) is 0 Å². The van der Waals surface area contributed by atoms with Gasteiger partial charge in [0.05, 0.1) is 4.90 Å². The fraction of sp³-hybridized carbons (Fsp3) is 0.0952. The third-order valence-electron chi connectivity index (χ3n) is 3.93. The zero-order valence-corrected chi connectivity index (χ0v) is 17.1. The van der Waals surface area contributed by atoms with E-state index in [1.165, 1.54) is 12.1 Å². The maximum atomic E-state index is 12.8. The molecule has 0 fully saturated rings. The van der Waals surface area contributed by atoms with Crippen molar-refractivity contribution >= 4 is 38.8 Å². The molecule has 0 heterocycles. The summed E-state index contributed by atoms with van der Waals surface area (Å²) in [7, 11) is -3.61. The molecule has 144 valence electrons. The highest BCUT2D eigenvalue weighted by Crippen LogP contribution is 2.17. The number of hydrogen-bond donors (Lipinski definition) is 0. The van der Waals surface area contributed by atoms with Crippen molar-refractivity contribution in [1.82, 2.24) is 0 Å². The fourth-order valence-electron chi connectivity index (χ4n) is 2.46. The minimum atomic E-state index is -3.61. The van der Waals surface area contributed by atoms with Gasteiger partial charge in [-0.1, -0.05) is 70.8 Å². The lowest BCUT2D eigenvalue weighted by Gasteiger charge is -2.09. The summed E-state index contributed by atoms with van der Waals surface area (Å²) in [6, 6.07) is 22.3. The molecular weight excluding hydrogens is 417 g/mol. The molecule has 0 atom stereocenters. The molecule has 0 saturated heterocycles. The van der Waals surface area contributed by atoms with Gasteiger partial charge in [-0.15, -0.1) is 0 Å². The van der Waals surface area contributed by atoms with Gasteiger partial charge in [0.2, 0.25) is 0 Å². The van der Waals surface area contributed by atoms with Crippen LogP contribution in [0.5, 0.6) is 0 Å². The normalized spacial score (nSPS) is 12.0. The molecule has 4 nitrogen and oxygen atoms in total. The average molecular weight is 434 g/mol. The second-order valence-electron chi connectivity index (χ2n) is 6.02. The minimum Gasteiger partial charge on any atom is -0.391 e. The molecule has 0 aliphatic carbocycles. The van der Waals surface area contributed by atoms with Gasteiger partial charge in [0.1, 0.15) is 18.1 Å². The number of benzene rings is 3. The average Bonchev–Trinajstić information content (AvgIpc) is 2.69. The van der Waals surface area contributed by atoms with Crippen LogP contribution in [0.25, 0.3) is 0 Å². The summed E-state index contributed by atoms with van der Waals surface area (Å²) in [6.07, 6.45) is 0. The van der Waals surface area contributed by atoms with Gasteiger partial charge in [-0.05, 0) is 42.0 Å². The zero-order valence-electron chi connectivity index (χ0n) is 14.8. The Hall–Kier alpha value is -2.34. The van der Waals surface area contributed by atoms with E-state index < -0.39 is 9.84 Å². The quantitative estimate of drug-likeness (QED) is 0.370. The third-order valence-corrected chi connectivity index (χ3v) is 6.07. The maximum Gasteiger partial charge on any atom is 0.184 e. The van der Waals surface area contributed by atoms with E-state index in [4.69, 9.17) is 28.0 Å². The van der Waals surface area contributed by atoms with Crippen molar-refractivity contribution in [3.8, 4) is 0 Å². The molecule has 3 rings (SSSR count). The van der Waals surface area contributed by atoms with Crippen LogP contribution in [0.4, 0.5) is 0 Å². The molecule has 0 aliphatic heterocycles. The Morgan fingerprint density at radius 2 is 1.39 bits per heavy atom. The lowest BCUT2D eigenvalue weighted by Crippen LogP contribution is -2.18. The van der Waals surface area contributed by atoms with E-state index in [1.807, 2.05) is 30.3 Å². The third kappa shape index (κ3) is 5.58. The van der Waals surface area contributed by atoms with Crippen LogP contribution in [0.15, 0.2) is 88.9 Å². The number of rotatable bonds is 7. The molecule has 3 aromatic rings. The molecule has 0 aliphatic rings. The Bertz CT molecular complexity index is 1050. The summed E-state index contributed by atoms with van der Waals surface area (Å²) in [6.45, 7) is 0.203. The van der Waals surface area contributed by atoms with Gasteiger partial charge >= 0.3 is 0 Å². The number of oxime groups is 1. The molecule has 0 saturated carbocycles. The predicted octanol–water partition coefficient (Wildman–Crippen LogP) is 5.39. The molecule has 3 aromatic carbocycles. The topological polar surface area (TPSA) is 55.7 Å². The van der Waals surface area contributed by atoms with Gasteiger partial charge in [-0.3, -0.25) is 0 Å². The summed E-state index contributed by atoms with van der Waals surface area (Å²) in [5.74, 6) is -0.292. The number of sulfone groups is 1. The van der Waals surface area contributed by atoms with Gasteiger partial charge in [-0.25, -0.2) is 8.42 Å². The van der Waals surface area contributed by atoms with Gasteiger partial charge in [0, 0.05) is 15.6 Å². The van der Waals surface area contributed by atoms with E-state index in [0.717, 1.165) is 5.56 Å². The lowest BCUT2D eigenvalue weighted by atomic mass is 10.1. The summed E-state index contributed by atoms with van der Waals surface area (Å²) < 4.78 is 25.6. The van der Waals surface area contributed by atoms with Crippen LogP contribution < -0.4 is 0 Å². The van der Waals surface area contributed by atoms with E-state index >= 15 is 0 Å². The van der Waals surface area contributed by atoms with Gasteiger partial charge in [-0.2, -0.15) is 0 Å². The Morgan fingerprint density at radius 3 is 2.00 bits per heavy atom. The van der Waals surface area contributed by atoms with E-state index in [-0.39, 0.29) is 17.3 Å². The first-order chi connectivity index (χ1) is 13.4. The molecule has 28 heavy (non-hydrogen) atoms. The van der Waals surface area contributed by atoms with Crippen molar-refractivity contribution in [3.05, 3.63) is 100 Å². The molecule has 0 unspecified atom stereocenters. The van der Waals surface area contributed by atoms with Crippen LogP contribution in [-0.2, 0) is 21.3 Å². The van der Waals surface area contributed by atoms with Crippen LogP contribution >= 0.6 is 23.2 Å². The van der Waals surface area contributed by atoms with Gasteiger partial charge < -0.3 is 4.84 Å². The van der Waals surface area contributed by atoms with Gasteiger partial charge in [0.25, 0.3) is 0 Å².